The summed E-state index contributed by atoms with van der Waals surface area (Å²) in [6.07, 6.45) is 2.78. The van der Waals surface area contributed by atoms with Crippen molar-refractivity contribution < 1.29 is 13.2 Å². The van der Waals surface area contributed by atoms with Gasteiger partial charge in [-0.05, 0) is 32.9 Å². The van der Waals surface area contributed by atoms with Gasteiger partial charge in [0, 0.05) is 32.2 Å². The fourth-order valence-corrected chi connectivity index (χ4v) is 4.42. The standard InChI is InChI=1S/C14H27N3O3S/c1-11-8-16(10-13(11)15(2)3)14(18)12-6-5-7-17(9-12)21(4,19)20/h11-13H,5-10H2,1-4H3. The van der Waals surface area contributed by atoms with E-state index in [-0.39, 0.29) is 11.8 Å². The number of carbonyl (C=O) groups is 1. The Morgan fingerprint density at radius 3 is 2.38 bits per heavy atom. The largest absolute Gasteiger partial charge is 0.341 e. The second-order valence-electron chi connectivity index (χ2n) is 6.71. The van der Waals surface area contributed by atoms with E-state index in [1.54, 1.807) is 0 Å². The first-order valence-electron chi connectivity index (χ1n) is 7.60. The number of nitrogens with zero attached hydrogens (tertiary/aromatic N) is 3. The van der Waals surface area contributed by atoms with Gasteiger partial charge in [0.05, 0.1) is 12.2 Å². The van der Waals surface area contributed by atoms with E-state index in [2.05, 4.69) is 11.8 Å². The SMILES string of the molecule is CC1CN(C(=O)C2CCCN(S(C)(=O)=O)C2)CC1N(C)C. The lowest BCUT2D eigenvalue weighted by atomic mass is 9.98. The molecule has 7 heteroatoms. The summed E-state index contributed by atoms with van der Waals surface area (Å²) in [5.74, 6) is 0.402. The fourth-order valence-electron chi connectivity index (χ4n) is 3.51. The number of piperidine rings is 1. The summed E-state index contributed by atoms with van der Waals surface area (Å²) < 4.78 is 24.8. The monoisotopic (exact) mass is 317 g/mol. The maximum atomic E-state index is 12.7. The highest BCUT2D eigenvalue weighted by atomic mass is 32.2. The smallest absolute Gasteiger partial charge is 0.227 e. The first kappa shape index (κ1) is 16.7. The first-order chi connectivity index (χ1) is 9.70. The molecule has 0 radical (unpaired) electrons. The van der Waals surface area contributed by atoms with Gasteiger partial charge in [-0.2, -0.15) is 0 Å². The highest BCUT2D eigenvalue weighted by molar-refractivity contribution is 7.88. The van der Waals surface area contributed by atoms with E-state index in [0.29, 0.717) is 25.0 Å². The molecule has 3 unspecified atom stereocenters. The van der Waals surface area contributed by atoms with Crippen molar-refractivity contribution in [2.45, 2.75) is 25.8 Å². The number of hydrogen-bond acceptors (Lipinski definition) is 4. The number of amides is 1. The highest BCUT2D eigenvalue weighted by Crippen LogP contribution is 2.26. The summed E-state index contributed by atoms with van der Waals surface area (Å²) >= 11 is 0. The van der Waals surface area contributed by atoms with Crippen LogP contribution >= 0.6 is 0 Å². The molecule has 0 aromatic heterocycles. The summed E-state index contributed by atoms with van der Waals surface area (Å²) in [6, 6.07) is 0.392. The molecule has 2 fully saturated rings. The predicted octanol–water partition coefficient (Wildman–Crippen LogP) is 0.0665. The minimum absolute atomic E-state index is 0.125. The summed E-state index contributed by atoms with van der Waals surface area (Å²) in [5, 5.41) is 0. The van der Waals surface area contributed by atoms with Gasteiger partial charge in [-0.15, -0.1) is 0 Å². The van der Waals surface area contributed by atoms with E-state index in [1.165, 1.54) is 10.6 Å². The minimum Gasteiger partial charge on any atom is -0.341 e. The Hall–Kier alpha value is -0.660. The van der Waals surface area contributed by atoms with Crippen molar-refractivity contribution in [1.29, 1.82) is 0 Å². The van der Waals surface area contributed by atoms with Crippen molar-refractivity contribution in [2.75, 3.05) is 46.5 Å². The summed E-state index contributed by atoms with van der Waals surface area (Å²) in [5.41, 5.74) is 0. The second kappa shape index (κ2) is 6.22. The molecule has 2 heterocycles. The zero-order valence-electron chi connectivity index (χ0n) is 13.4. The van der Waals surface area contributed by atoms with Crippen LogP contribution in [-0.2, 0) is 14.8 Å². The lowest BCUT2D eigenvalue weighted by molar-refractivity contribution is -0.135. The molecule has 2 saturated heterocycles. The van der Waals surface area contributed by atoms with Gasteiger partial charge in [0.15, 0.2) is 0 Å². The van der Waals surface area contributed by atoms with Crippen LogP contribution in [0.5, 0.6) is 0 Å². The summed E-state index contributed by atoms with van der Waals surface area (Å²) in [6.45, 7) is 4.58. The summed E-state index contributed by atoms with van der Waals surface area (Å²) in [4.78, 5) is 16.8. The van der Waals surface area contributed by atoms with Crippen molar-refractivity contribution in [3.8, 4) is 0 Å². The molecule has 0 N–H and O–H groups in total. The Morgan fingerprint density at radius 2 is 1.86 bits per heavy atom. The molecule has 3 atom stereocenters. The lowest BCUT2D eigenvalue weighted by Gasteiger charge is -2.32. The molecule has 2 aliphatic rings. The molecular formula is C14H27N3O3S. The molecule has 6 nitrogen and oxygen atoms in total. The Labute approximate surface area is 128 Å². The quantitative estimate of drug-likeness (QED) is 0.739. The molecule has 122 valence electrons. The molecule has 0 aromatic carbocycles. The van der Waals surface area contributed by atoms with Crippen molar-refractivity contribution in [3.63, 3.8) is 0 Å². The van der Waals surface area contributed by atoms with Crippen molar-refractivity contribution in [3.05, 3.63) is 0 Å². The van der Waals surface area contributed by atoms with Crippen LogP contribution in [0.25, 0.3) is 0 Å². The third-order valence-corrected chi connectivity index (χ3v) is 6.02. The molecule has 0 saturated carbocycles. The van der Waals surface area contributed by atoms with Gasteiger partial charge >= 0.3 is 0 Å². The van der Waals surface area contributed by atoms with Crippen molar-refractivity contribution >= 4 is 15.9 Å². The van der Waals surface area contributed by atoms with Crippen LogP contribution < -0.4 is 0 Å². The van der Waals surface area contributed by atoms with Gasteiger partial charge in [-0.1, -0.05) is 6.92 Å². The van der Waals surface area contributed by atoms with E-state index in [4.69, 9.17) is 0 Å². The van der Waals surface area contributed by atoms with Gasteiger partial charge in [0.2, 0.25) is 15.9 Å². The van der Waals surface area contributed by atoms with Gasteiger partial charge in [0.1, 0.15) is 0 Å². The topological polar surface area (TPSA) is 60.9 Å². The van der Waals surface area contributed by atoms with E-state index >= 15 is 0 Å². The number of carbonyl (C=O) groups excluding carboxylic acids is 1. The number of hydrogen-bond donors (Lipinski definition) is 0. The van der Waals surface area contributed by atoms with Crippen LogP contribution in [0, 0.1) is 11.8 Å². The Bertz CT molecular complexity index is 492. The molecule has 2 aliphatic heterocycles. The van der Waals surface area contributed by atoms with Gasteiger partial charge in [-0.25, -0.2) is 12.7 Å². The molecule has 0 aliphatic carbocycles. The minimum atomic E-state index is -3.20. The number of sulfonamides is 1. The van der Waals surface area contributed by atoms with E-state index in [0.717, 1.165) is 25.9 Å². The van der Waals surface area contributed by atoms with Crippen LogP contribution in [0.1, 0.15) is 19.8 Å². The van der Waals surface area contributed by atoms with E-state index < -0.39 is 10.0 Å². The maximum absolute atomic E-state index is 12.7. The maximum Gasteiger partial charge on any atom is 0.227 e. The molecular weight excluding hydrogens is 290 g/mol. The number of rotatable bonds is 3. The highest BCUT2D eigenvalue weighted by Gasteiger charge is 2.38. The van der Waals surface area contributed by atoms with Crippen LogP contribution in [0.4, 0.5) is 0 Å². The molecule has 0 bridgehead atoms. The van der Waals surface area contributed by atoms with Gasteiger partial charge in [-0.3, -0.25) is 4.79 Å². The first-order valence-corrected chi connectivity index (χ1v) is 9.45. The zero-order chi connectivity index (χ0) is 15.8. The van der Waals surface area contributed by atoms with Crippen LogP contribution in [0.2, 0.25) is 0 Å². The average Bonchev–Trinajstić information content (AvgIpc) is 2.79. The average molecular weight is 317 g/mol. The fraction of sp³-hybridized carbons (Fsp3) is 0.929. The molecule has 0 spiro atoms. The molecule has 0 aromatic rings. The van der Waals surface area contributed by atoms with Gasteiger partial charge in [0.25, 0.3) is 0 Å². The van der Waals surface area contributed by atoms with Crippen LogP contribution in [0.15, 0.2) is 0 Å². The Kier molecular flexibility index (Phi) is 4.95. The molecule has 2 rings (SSSR count). The zero-order valence-corrected chi connectivity index (χ0v) is 14.3. The van der Waals surface area contributed by atoms with Crippen molar-refractivity contribution in [2.24, 2.45) is 11.8 Å². The van der Waals surface area contributed by atoms with Crippen molar-refractivity contribution in [1.82, 2.24) is 14.1 Å². The second-order valence-corrected chi connectivity index (χ2v) is 8.69. The third-order valence-electron chi connectivity index (χ3n) is 4.75. The Balaban J connectivity index is 2.01. The normalized spacial score (nSPS) is 31.9. The lowest BCUT2D eigenvalue weighted by Crippen LogP contribution is -2.46. The Morgan fingerprint density at radius 1 is 1.19 bits per heavy atom. The number of likely N-dealkylation sites (N-methyl/N-ethyl adjacent to an activating group) is 1. The van der Waals surface area contributed by atoms with E-state index in [9.17, 15) is 13.2 Å². The van der Waals surface area contributed by atoms with Crippen LogP contribution in [0.3, 0.4) is 0 Å². The van der Waals surface area contributed by atoms with E-state index in [1.807, 2.05) is 19.0 Å². The molecule has 21 heavy (non-hydrogen) atoms. The molecule has 1 amide bonds. The predicted molar refractivity (Wildman–Crippen MR) is 82.4 cm³/mol. The van der Waals surface area contributed by atoms with Gasteiger partial charge < -0.3 is 9.80 Å². The number of likely N-dealkylation sites (tertiary alicyclic amines) is 1. The van der Waals surface area contributed by atoms with Crippen LogP contribution in [-0.4, -0.2) is 81.0 Å². The summed E-state index contributed by atoms with van der Waals surface area (Å²) in [7, 11) is 0.889. The third kappa shape index (κ3) is 3.76.